The van der Waals surface area contributed by atoms with Crippen molar-refractivity contribution < 1.29 is 13.2 Å². The third-order valence-corrected chi connectivity index (χ3v) is 4.42. The lowest BCUT2D eigenvalue weighted by atomic mass is 10.1. The van der Waals surface area contributed by atoms with Gasteiger partial charge in [0.25, 0.3) is 5.91 Å². The van der Waals surface area contributed by atoms with E-state index in [4.69, 9.17) is 5.73 Å². The molecule has 1 aromatic carbocycles. The van der Waals surface area contributed by atoms with E-state index in [1.807, 2.05) is 0 Å². The minimum Gasteiger partial charge on any atom is -0.346 e. The number of carbonyl (C=O) groups is 1. The van der Waals surface area contributed by atoms with Gasteiger partial charge in [-0.05, 0) is 45.9 Å². The predicted molar refractivity (Wildman–Crippen MR) is 89.7 cm³/mol. The maximum atomic E-state index is 12.1. The molecule has 1 aromatic rings. The van der Waals surface area contributed by atoms with Crippen molar-refractivity contribution in [2.45, 2.75) is 44.2 Å². The number of nitrogens with one attached hydrogen (secondary N) is 2. The number of halogens is 1. The number of carbonyl (C=O) groups excluding carboxylic acids is 1. The first-order valence-corrected chi connectivity index (χ1v) is 8.21. The van der Waals surface area contributed by atoms with Crippen LogP contribution in [-0.2, 0) is 10.0 Å². The van der Waals surface area contributed by atoms with E-state index in [-0.39, 0.29) is 41.4 Å². The molecule has 0 spiro atoms. The first kappa shape index (κ1) is 20.9. The number of nitrogens with two attached hydrogens (primary N) is 1. The molecule has 22 heavy (non-hydrogen) atoms. The number of benzene rings is 1. The van der Waals surface area contributed by atoms with Crippen molar-refractivity contribution in [3.8, 4) is 0 Å². The summed E-state index contributed by atoms with van der Waals surface area (Å²) in [7, 11) is -3.62. The highest BCUT2D eigenvalue weighted by molar-refractivity contribution is 7.89. The Bertz CT molecular complexity index is 616. The first-order chi connectivity index (χ1) is 9.57. The molecule has 0 saturated carbocycles. The molecular formula is C14H24ClN3O3S. The van der Waals surface area contributed by atoms with Crippen LogP contribution in [0.3, 0.4) is 0 Å². The van der Waals surface area contributed by atoms with Gasteiger partial charge >= 0.3 is 0 Å². The monoisotopic (exact) mass is 349 g/mol. The normalized spacial score (nSPS) is 11.9. The molecule has 126 valence electrons. The highest BCUT2D eigenvalue weighted by Crippen LogP contribution is 2.13. The summed E-state index contributed by atoms with van der Waals surface area (Å²) in [5.74, 6) is -0.355. The van der Waals surface area contributed by atoms with Crippen LogP contribution in [0.2, 0.25) is 0 Å². The van der Waals surface area contributed by atoms with Gasteiger partial charge in [0.15, 0.2) is 0 Å². The molecule has 0 saturated heterocycles. The standard InChI is InChI=1S/C14H23N3O3S.ClH/c1-10(2)17-21(19,20)12-7-5-6-11(8-12)13(18)16-14(3,4)9-15;/h5-8,10,17H,9,15H2,1-4H3,(H,16,18);1H. The van der Waals surface area contributed by atoms with Crippen LogP contribution in [0.4, 0.5) is 0 Å². The number of hydrogen-bond acceptors (Lipinski definition) is 4. The zero-order valence-corrected chi connectivity index (χ0v) is 14.8. The van der Waals surface area contributed by atoms with Crippen molar-refractivity contribution in [1.29, 1.82) is 0 Å². The van der Waals surface area contributed by atoms with E-state index in [9.17, 15) is 13.2 Å². The Hall–Kier alpha value is -1.15. The highest BCUT2D eigenvalue weighted by Gasteiger charge is 2.21. The van der Waals surface area contributed by atoms with Crippen molar-refractivity contribution in [2.24, 2.45) is 5.73 Å². The Morgan fingerprint density at radius 1 is 1.32 bits per heavy atom. The third-order valence-electron chi connectivity index (χ3n) is 2.76. The topological polar surface area (TPSA) is 101 Å². The van der Waals surface area contributed by atoms with Gasteiger partial charge in [-0.15, -0.1) is 12.4 Å². The van der Waals surface area contributed by atoms with E-state index in [0.29, 0.717) is 0 Å². The van der Waals surface area contributed by atoms with Crippen molar-refractivity contribution in [2.75, 3.05) is 6.54 Å². The van der Waals surface area contributed by atoms with Crippen molar-refractivity contribution in [1.82, 2.24) is 10.0 Å². The molecule has 4 N–H and O–H groups in total. The second kappa shape index (κ2) is 7.92. The van der Waals surface area contributed by atoms with E-state index in [1.54, 1.807) is 39.8 Å². The zero-order chi connectivity index (χ0) is 16.3. The minimum absolute atomic E-state index is 0. The van der Waals surface area contributed by atoms with Crippen molar-refractivity contribution in [3.05, 3.63) is 29.8 Å². The smallest absolute Gasteiger partial charge is 0.251 e. The molecule has 0 aliphatic heterocycles. The van der Waals surface area contributed by atoms with Crippen LogP contribution in [0.5, 0.6) is 0 Å². The van der Waals surface area contributed by atoms with E-state index < -0.39 is 15.6 Å². The minimum atomic E-state index is -3.62. The molecule has 8 heteroatoms. The fraction of sp³-hybridized carbons (Fsp3) is 0.500. The Labute approximate surface area is 138 Å². The van der Waals surface area contributed by atoms with Crippen LogP contribution < -0.4 is 15.8 Å². The summed E-state index contributed by atoms with van der Waals surface area (Å²) in [6.45, 7) is 7.35. The summed E-state index contributed by atoms with van der Waals surface area (Å²) >= 11 is 0. The highest BCUT2D eigenvalue weighted by atomic mass is 35.5. The van der Waals surface area contributed by atoms with E-state index in [1.165, 1.54) is 12.1 Å². The fourth-order valence-electron chi connectivity index (χ4n) is 1.61. The Kier molecular flexibility index (Phi) is 7.50. The molecule has 0 unspecified atom stereocenters. The molecule has 0 aromatic heterocycles. The second-order valence-corrected chi connectivity index (χ2v) is 7.56. The van der Waals surface area contributed by atoms with Crippen LogP contribution in [0, 0.1) is 0 Å². The van der Waals surface area contributed by atoms with Gasteiger partial charge in [0.05, 0.1) is 4.90 Å². The average molecular weight is 350 g/mol. The van der Waals surface area contributed by atoms with Gasteiger partial charge in [-0.2, -0.15) is 0 Å². The number of amides is 1. The lowest BCUT2D eigenvalue weighted by molar-refractivity contribution is 0.0915. The molecule has 0 aliphatic carbocycles. The first-order valence-electron chi connectivity index (χ1n) is 6.72. The maximum Gasteiger partial charge on any atom is 0.251 e. The number of rotatable bonds is 6. The molecule has 6 nitrogen and oxygen atoms in total. The Morgan fingerprint density at radius 2 is 1.91 bits per heavy atom. The molecule has 1 rings (SSSR count). The van der Waals surface area contributed by atoms with Gasteiger partial charge in [0, 0.05) is 23.7 Å². The quantitative estimate of drug-likeness (QED) is 0.719. The molecule has 0 aliphatic rings. The average Bonchev–Trinajstić information content (AvgIpc) is 2.37. The molecule has 0 radical (unpaired) electrons. The van der Waals surface area contributed by atoms with E-state index in [0.717, 1.165) is 0 Å². The lowest BCUT2D eigenvalue weighted by Crippen LogP contribution is -2.48. The van der Waals surface area contributed by atoms with Gasteiger partial charge in [-0.3, -0.25) is 4.79 Å². The molecule has 1 amide bonds. The van der Waals surface area contributed by atoms with Crippen LogP contribution in [-0.4, -0.2) is 32.5 Å². The molecule has 0 atom stereocenters. The predicted octanol–water partition coefficient (Wildman–Crippen LogP) is 1.26. The summed E-state index contributed by atoms with van der Waals surface area (Å²) in [5.41, 5.74) is 5.29. The van der Waals surface area contributed by atoms with E-state index in [2.05, 4.69) is 10.0 Å². The number of sulfonamides is 1. The fourth-order valence-corrected chi connectivity index (χ4v) is 2.91. The largest absolute Gasteiger partial charge is 0.346 e. The molecular weight excluding hydrogens is 326 g/mol. The summed E-state index contributed by atoms with van der Waals surface area (Å²) in [6, 6.07) is 5.70. The Morgan fingerprint density at radius 3 is 2.41 bits per heavy atom. The SMILES string of the molecule is CC(C)NS(=O)(=O)c1cccc(C(=O)NC(C)(C)CN)c1.Cl. The van der Waals surface area contributed by atoms with Gasteiger partial charge in [0.2, 0.25) is 10.0 Å². The van der Waals surface area contributed by atoms with Gasteiger partial charge in [-0.1, -0.05) is 6.07 Å². The maximum absolute atomic E-state index is 12.1. The third kappa shape index (κ3) is 5.92. The van der Waals surface area contributed by atoms with Crippen molar-refractivity contribution in [3.63, 3.8) is 0 Å². The Balaban J connectivity index is 0.00000441. The van der Waals surface area contributed by atoms with Crippen LogP contribution in [0.15, 0.2) is 29.2 Å². The summed E-state index contributed by atoms with van der Waals surface area (Å²) < 4.78 is 26.7. The van der Waals surface area contributed by atoms with Crippen LogP contribution >= 0.6 is 12.4 Å². The van der Waals surface area contributed by atoms with Crippen molar-refractivity contribution >= 4 is 28.3 Å². The second-order valence-electron chi connectivity index (χ2n) is 5.85. The summed E-state index contributed by atoms with van der Waals surface area (Å²) in [4.78, 5) is 12.2. The molecule has 0 fully saturated rings. The zero-order valence-electron chi connectivity index (χ0n) is 13.2. The molecule has 0 bridgehead atoms. The summed E-state index contributed by atoms with van der Waals surface area (Å²) in [6.07, 6.45) is 0. The lowest BCUT2D eigenvalue weighted by Gasteiger charge is -2.24. The summed E-state index contributed by atoms with van der Waals surface area (Å²) in [5, 5.41) is 2.76. The van der Waals surface area contributed by atoms with Gasteiger partial charge in [0.1, 0.15) is 0 Å². The molecule has 0 heterocycles. The van der Waals surface area contributed by atoms with E-state index >= 15 is 0 Å². The van der Waals surface area contributed by atoms with Gasteiger partial charge < -0.3 is 11.1 Å². The van der Waals surface area contributed by atoms with Crippen LogP contribution in [0.1, 0.15) is 38.1 Å². The van der Waals surface area contributed by atoms with Crippen LogP contribution in [0.25, 0.3) is 0 Å². The van der Waals surface area contributed by atoms with Gasteiger partial charge in [-0.25, -0.2) is 13.1 Å². The number of hydrogen-bond donors (Lipinski definition) is 3.